The molecule has 0 aromatic heterocycles. The van der Waals surface area contributed by atoms with Crippen LogP contribution in [0.5, 0.6) is 0 Å². The van der Waals surface area contributed by atoms with Gasteiger partial charge in [0.05, 0.1) is 5.54 Å². The summed E-state index contributed by atoms with van der Waals surface area (Å²) in [4.78, 5) is 2.46. The van der Waals surface area contributed by atoms with Crippen molar-refractivity contribution in [3.8, 4) is 0 Å². The minimum atomic E-state index is -0.123. The van der Waals surface area contributed by atoms with E-state index in [9.17, 15) is 4.39 Å². The van der Waals surface area contributed by atoms with Gasteiger partial charge in [0.25, 0.3) is 0 Å². The molecule has 4 rings (SSSR count). The third-order valence-corrected chi connectivity index (χ3v) is 6.04. The van der Waals surface area contributed by atoms with Crippen molar-refractivity contribution in [3.63, 3.8) is 0 Å². The first kappa shape index (κ1) is 13.6. The van der Waals surface area contributed by atoms with E-state index in [1.165, 1.54) is 44.1 Å². The SMILES string of the molecule is NCC1(N2CCc3ccc(F)cc32)CCCC(C2CC2)C1. The van der Waals surface area contributed by atoms with E-state index in [0.717, 1.165) is 30.5 Å². The fourth-order valence-electron chi connectivity index (χ4n) is 4.74. The van der Waals surface area contributed by atoms with Gasteiger partial charge < -0.3 is 10.6 Å². The molecule has 1 aliphatic heterocycles. The average Bonchev–Trinajstić information content (AvgIpc) is 3.27. The molecule has 2 N–H and O–H groups in total. The Morgan fingerprint density at radius 3 is 2.86 bits per heavy atom. The molecule has 3 aliphatic rings. The maximum absolute atomic E-state index is 13.7. The fraction of sp³-hybridized carbons (Fsp3) is 0.667. The molecule has 2 unspecified atom stereocenters. The molecule has 1 heterocycles. The number of rotatable bonds is 3. The molecule has 114 valence electrons. The first-order chi connectivity index (χ1) is 10.2. The normalized spacial score (nSPS) is 32.3. The van der Waals surface area contributed by atoms with Gasteiger partial charge in [-0.2, -0.15) is 0 Å². The Morgan fingerprint density at radius 1 is 1.24 bits per heavy atom. The van der Waals surface area contributed by atoms with Crippen molar-refractivity contribution >= 4 is 5.69 Å². The van der Waals surface area contributed by atoms with Crippen molar-refractivity contribution in [2.24, 2.45) is 17.6 Å². The number of anilines is 1. The van der Waals surface area contributed by atoms with Gasteiger partial charge >= 0.3 is 0 Å². The minimum Gasteiger partial charge on any atom is -0.364 e. The molecule has 0 spiro atoms. The summed E-state index contributed by atoms with van der Waals surface area (Å²) in [6.45, 7) is 1.71. The molecule has 1 aromatic rings. The highest BCUT2D eigenvalue weighted by atomic mass is 19.1. The molecular formula is C18H25FN2. The molecule has 2 aliphatic carbocycles. The Morgan fingerprint density at radius 2 is 2.10 bits per heavy atom. The first-order valence-electron chi connectivity index (χ1n) is 8.48. The lowest BCUT2D eigenvalue weighted by molar-refractivity contribution is 0.201. The van der Waals surface area contributed by atoms with Crippen molar-refractivity contribution in [3.05, 3.63) is 29.6 Å². The number of hydrogen-bond donors (Lipinski definition) is 1. The zero-order chi connectivity index (χ0) is 14.4. The molecule has 0 amide bonds. The Kier molecular flexibility index (Phi) is 3.21. The third kappa shape index (κ3) is 2.26. The lowest BCUT2D eigenvalue weighted by Crippen LogP contribution is -2.56. The number of fused-ring (bicyclic) bond motifs is 1. The van der Waals surface area contributed by atoms with Crippen LogP contribution in [0.25, 0.3) is 0 Å². The van der Waals surface area contributed by atoms with Gasteiger partial charge in [-0.3, -0.25) is 0 Å². The van der Waals surface area contributed by atoms with Crippen LogP contribution in [0.4, 0.5) is 10.1 Å². The smallest absolute Gasteiger partial charge is 0.125 e. The second kappa shape index (κ2) is 4.98. The van der Waals surface area contributed by atoms with Gasteiger partial charge in [-0.1, -0.05) is 18.9 Å². The molecule has 2 saturated carbocycles. The summed E-state index contributed by atoms with van der Waals surface area (Å²) in [5, 5.41) is 0. The first-order valence-corrected chi connectivity index (χ1v) is 8.48. The van der Waals surface area contributed by atoms with Crippen molar-refractivity contribution in [2.75, 3.05) is 18.0 Å². The van der Waals surface area contributed by atoms with Gasteiger partial charge in [-0.25, -0.2) is 4.39 Å². The Bertz CT molecular complexity index is 540. The second-order valence-electron chi connectivity index (χ2n) is 7.30. The van der Waals surface area contributed by atoms with E-state index in [-0.39, 0.29) is 11.4 Å². The molecule has 21 heavy (non-hydrogen) atoms. The monoisotopic (exact) mass is 288 g/mol. The van der Waals surface area contributed by atoms with E-state index >= 15 is 0 Å². The maximum Gasteiger partial charge on any atom is 0.125 e. The summed E-state index contributed by atoms with van der Waals surface area (Å²) in [6.07, 6.45) is 8.89. The molecule has 0 bridgehead atoms. The van der Waals surface area contributed by atoms with Gasteiger partial charge in [0.2, 0.25) is 0 Å². The Hall–Kier alpha value is -1.09. The van der Waals surface area contributed by atoms with Crippen LogP contribution in [-0.2, 0) is 6.42 Å². The number of hydrogen-bond acceptors (Lipinski definition) is 2. The predicted octanol–water partition coefficient (Wildman–Crippen LogP) is 3.49. The number of nitrogens with zero attached hydrogens (tertiary/aromatic N) is 1. The van der Waals surface area contributed by atoms with E-state index < -0.39 is 0 Å². The van der Waals surface area contributed by atoms with Gasteiger partial charge in [-0.15, -0.1) is 0 Å². The van der Waals surface area contributed by atoms with Crippen molar-refractivity contribution in [2.45, 2.75) is 50.5 Å². The van der Waals surface area contributed by atoms with Crippen molar-refractivity contribution in [1.82, 2.24) is 0 Å². The van der Waals surface area contributed by atoms with Crippen LogP contribution in [0, 0.1) is 17.7 Å². The van der Waals surface area contributed by atoms with Gasteiger partial charge in [0, 0.05) is 18.8 Å². The quantitative estimate of drug-likeness (QED) is 0.922. The second-order valence-corrected chi connectivity index (χ2v) is 7.30. The Balaban J connectivity index is 1.66. The third-order valence-electron chi connectivity index (χ3n) is 6.04. The lowest BCUT2D eigenvalue weighted by atomic mass is 9.72. The summed E-state index contributed by atoms with van der Waals surface area (Å²) < 4.78 is 13.7. The van der Waals surface area contributed by atoms with E-state index in [0.29, 0.717) is 6.54 Å². The number of nitrogens with two attached hydrogens (primary N) is 1. The van der Waals surface area contributed by atoms with E-state index in [4.69, 9.17) is 5.73 Å². The van der Waals surface area contributed by atoms with E-state index in [2.05, 4.69) is 4.90 Å². The molecule has 0 radical (unpaired) electrons. The van der Waals surface area contributed by atoms with E-state index in [1.807, 2.05) is 6.07 Å². The molecule has 2 nitrogen and oxygen atoms in total. The molecule has 0 saturated heterocycles. The molecular weight excluding hydrogens is 263 g/mol. The van der Waals surface area contributed by atoms with Crippen molar-refractivity contribution < 1.29 is 4.39 Å². The summed E-state index contributed by atoms with van der Waals surface area (Å²) in [5.41, 5.74) is 8.73. The van der Waals surface area contributed by atoms with Crippen LogP contribution in [0.15, 0.2) is 18.2 Å². The van der Waals surface area contributed by atoms with E-state index in [1.54, 1.807) is 12.1 Å². The standard InChI is InChI=1S/C18H25FN2/c19-16-6-5-14-7-9-21(17(14)10-16)18(12-20)8-1-2-15(11-18)13-3-4-13/h5-6,10,13,15H,1-4,7-9,11-12,20H2. The van der Waals surface area contributed by atoms with Crippen LogP contribution in [0.2, 0.25) is 0 Å². The van der Waals surface area contributed by atoms with Gasteiger partial charge in [0.15, 0.2) is 0 Å². The Labute approximate surface area is 126 Å². The highest BCUT2D eigenvalue weighted by Crippen LogP contribution is 2.49. The zero-order valence-electron chi connectivity index (χ0n) is 12.7. The van der Waals surface area contributed by atoms with Crippen molar-refractivity contribution in [1.29, 1.82) is 0 Å². The lowest BCUT2D eigenvalue weighted by Gasteiger charge is -2.48. The van der Waals surface area contributed by atoms with Crippen LogP contribution >= 0.6 is 0 Å². The minimum absolute atomic E-state index is 0.0740. The molecule has 3 heteroatoms. The van der Waals surface area contributed by atoms with Crippen LogP contribution < -0.4 is 10.6 Å². The largest absolute Gasteiger partial charge is 0.364 e. The topological polar surface area (TPSA) is 29.3 Å². The highest BCUT2D eigenvalue weighted by Gasteiger charge is 2.46. The van der Waals surface area contributed by atoms with Gasteiger partial charge in [-0.05, 0) is 61.6 Å². The molecule has 1 aromatic carbocycles. The number of benzene rings is 1. The predicted molar refractivity (Wildman–Crippen MR) is 83.9 cm³/mol. The average molecular weight is 288 g/mol. The fourth-order valence-corrected chi connectivity index (χ4v) is 4.74. The van der Waals surface area contributed by atoms with Crippen LogP contribution in [-0.4, -0.2) is 18.6 Å². The van der Waals surface area contributed by atoms with Crippen LogP contribution in [0.1, 0.15) is 44.1 Å². The summed E-state index contributed by atoms with van der Waals surface area (Å²) in [5.74, 6) is 1.67. The van der Waals surface area contributed by atoms with Gasteiger partial charge in [0.1, 0.15) is 5.82 Å². The van der Waals surface area contributed by atoms with Crippen LogP contribution in [0.3, 0.4) is 0 Å². The summed E-state index contributed by atoms with van der Waals surface area (Å²) in [7, 11) is 0. The highest BCUT2D eigenvalue weighted by molar-refractivity contribution is 5.60. The maximum atomic E-state index is 13.7. The summed E-state index contributed by atoms with van der Waals surface area (Å²) >= 11 is 0. The zero-order valence-corrected chi connectivity index (χ0v) is 12.7. The molecule has 2 fully saturated rings. The molecule has 2 atom stereocenters. The summed E-state index contributed by atoms with van der Waals surface area (Å²) in [6, 6.07) is 5.27. The number of halogens is 1.